The van der Waals surface area contributed by atoms with Crippen LogP contribution in [0.15, 0.2) is 132 Å². The highest BCUT2D eigenvalue weighted by atomic mass is 15.2. The lowest BCUT2D eigenvalue weighted by molar-refractivity contribution is 0.428. The van der Waals surface area contributed by atoms with E-state index in [2.05, 4.69) is 155 Å². The van der Waals surface area contributed by atoms with E-state index < -0.39 is 0 Å². The number of allylic oxidation sites excluding steroid dienone is 9. The molecule has 0 spiro atoms. The van der Waals surface area contributed by atoms with Crippen LogP contribution in [0.25, 0.3) is 6.08 Å². The van der Waals surface area contributed by atoms with E-state index in [-0.39, 0.29) is 0 Å². The summed E-state index contributed by atoms with van der Waals surface area (Å²) in [5, 5.41) is 0. The van der Waals surface area contributed by atoms with Gasteiger partial charge in [0, 0.05) is 34.5 Å². The van der Waals surface area contributed by atoms with Crippen LogP contribution in [0.5, 0.6) is 0 Å². The van der Waals surface area contributed by atoms with Crippen LogP contribution in [0.1, 0.15) is 75.1 Å². The standard InChI is InChI=1S/C44H50N2/c1-8-36-18-21-42(29-33(36)5)46(41-17-11-14-32(4)26-41)44-23-20-38(28-35(44)7)37-19-22-43(34(6)27-37)45(39-15-9-12-30(2)24-39)40-16-10-13-31(3)25-40/h8-18,20-21,24,26-27,29,31,35,44H,1,19,22-23,25,28H2,2-7H3. The van der Waals surface area contributed by atoms with E-state index >= 15 is 0 Å². The number of nitrogens with zero attached hydrogens (tertiary/aromatic N) is 2. The van der Waals surface area contributed by atoms with Crippen molar-refractivity contribution < 1.29 is 0 Å². The SMILES string of the molecule is C=Cc1ccc(N(c2cccc(C)c2)C2CC=C(C3=CC(C)=C(N(C4=CC=CC(C)C4)c4cccc(C)c4)CC3)CC2C)cc1C. The smallest absolute Gasteiger partial charge is 0.0457 e. The molecule has 2 heteroatoms. The summed E-state index contributed by atoms with van der Waals surface area (Å²) >= 11 is 0. The zero-order valence-corrected chi connectivity index (χ0v) is 28.7. The van der Waals surface area contributed by atoms with Crippen molar-refractivity contribution in [3.05, 3.63) is 154 Å². The lowest BCUT2D eigenvalue weighted by Crippen LogP contribution is -2.38. The third-order valence-electron chi connectivity index (χ3n) is 10.1. The average molecular weight is 607 g/mol. The highest BCUT2D eigenvalue weighted by Crippen LogP contribution is 2.43. The second kappa shape index (κ2) is 13.6. The molecule has 3 unspecified atom stereocenters. The fraction of sp³-hybridized carbons (Fsp3) is 0.318. The second-order valence-corrected chi connectivity index (χ2v) is 13.9. The van der Waals surface area contributed by atoms with Crippen LogP contribution >= 0.6 is 0 Å². The van der Waals surface area contributed by atoms with Gasteiger partial charge in [0.05, 0.1) is 0 Å². The molecule has 3 aliphatic rings. The molecule has 3 aromatic rings. The Kier molecular flexibility index (Phi) is 9.36. The van der Waals surface area contributed by atoms with Gasteiger partial charge in [0.1, 0.15) is 0 Å². The monoisotopic (exact) mass is 606 g/mol. The van der Waals surface area contributed by atoms with Crippen molar-refractivity contribution in [2.75, 3.05) is 9.80 Å². The first-order valence-corrected chi connectivity index (χ1v) is 17.1. The maximum Gasteiger partial charge on any atom is 0.0457 e. The zero-order chi connectivity index (χ0) is 32.4. The molecule has 0 fully saturated rings. The maximum absolute atomic E-state index is 4.02. The Hall–Kier alpha value is -4.30. The molecule has 3 aromatic carbocycles. The lowest BCUT2D eigenvalue weighted by atomic mass is 9.79. The van der Waals surface area contributed by atoms with Gasteiger partial charge in [-0.1, -0.05) is 81.1 Å². The molecule has 3 aliphatic carbocycles. The van der Waals surface area contributed by atoms with Crippen LogP contribution in [0.2, 0.25) is 0 Å². The normalized spacial score (nSPS) is 21.3. The van der Waals surface area contributed by atoms with E-state index in [1.807, 2.05) is 6.08 Å². The van der Waals surface area contributed by atoms with Crippen LogP contribution in [0, 0.1) is 32.6 Å². The van der Waals surface area contributed by atoms with Gasteiger partial charge in [-0.05, 0) is 153 Å². The molecule has 0 amide bonds. The minimum Gasteiger partial charge on any atom is -0.338 e. The van der Waals surface area contributed by atoms with Crippen molar-refractivity contribution in [2.45, 2.75) is 79.7 Å². The van der Waals surface area contributed by atoms with E-state index in [0.29, 0.717) is 17.9 Å². The molecule has 0 N–H and O–H groups in total. The Bertz CT molecular complexity index is 1780. The highest BCUT2D eigenvalue weighted by molar-refractivity contribution is 5.69. The topological polar surface area (TPSA) is 6.48 Å². The van der Waals surface area contributed by atoms with Crippen molar-refractivity contribution in [1.29, 1.82) is 0 Å². The largest absolute Gasteiger partial charge is 0.338 e. The minimum atomic E-state index is 0.390. The molecule has 3 atom stereocenters. The first-order chi connectivity index (χ1) is 22.2. The molecule has 46 heavy (non-hydrogen) atoms. The Morgan fingerprint density at radius 3 is 2.15 bits per heavy atom. The number of rotatable bonds is 8. The molecule has 6 rings (SSSR count). The summed E-state index contributed by atoms with van der Waals surface area (Å²) in [5.41, 5.74) is 16.2. The Balaban J connectivity index is 1.31. The van der Waals surface area contributed by atoms with E-state index in [1.165, 1.54) is 61.9 Å². The zero-order valence-electron chi connectivity index (χ0n) is 28.7. The van der Waals surface area contributed by atoms with Gasteiger partial charge in [0.15, 0.2) is 0 Å². The first kappa shape index (κ1) is 31.7. The summed E-state index contributed by atoms with van der Waals surface area (Å²) in [6.45, 7) is 17.7. The van der Waals surface area contributed by atoms with Gasteiger partial charge in [0.2, 0.25) is 0 Å². The first-order valence-electron chi connectivity index (χ1n) is 17.1. The van der Waals surface area contributed by atoms with Crippen molar-refractivity contribution in [3.8, 4) is 0 Å². The van der Waals surface area contributed by atoms with Crippen molar-refractivity contribution in [2.24, 2.45) is 11.8 Å². The third kappa shape index (κ3) is 6.63. The molecule has 0 saturated carbocycles. The maximum atomic E-state index is 4.02. The quantitative estimate of drug-likeness (QED) is 0.252. The van der Waals surface area contributed by atoms with Crippen LogP contribution < -0.4 is 9.80 Å². The average Bonchev–Trinajstić information content (AvgIpc) is 3.03. The third-order valence-corrected chi connectivity index (χ3v) is 10.1. The Morgan fingerprint density at radius 1 is 0.783 bits per heavy atom. The van der Waals surface area contributed by atoms with Gasteiger partial charge in [-0.3, -0.25) is 0 Å². The molecule has 0 bridgehead atoms. The fourth-order valence-corrected chi connectivity index (χ4v) is 7.69. The summed E-state index contributed by atoms with van der Waals surface area (Å²) in [5.74, 6) is 1.06. The van der Waals surface area contributed by atoms with Gasteiger partial charge in [-0.15, -0.1) is 0 Å². The van der Waals surface area contributed by atoms with E-state index in [0.717, 1.165) is 32.1 Å². The number of benzene rings is 3. The second-order valence-electron chi connectivity index (χ2n) is 13.9. The minimum absolute atomic E-state index is 0.390. The number of hydrogen-bond donors (Lipinski definition) is 0. The predicted octanol–water partition coefficient (Wildman–Crippen LogP) is 12.1. The van der Waals surface area contributed by atoms with Gasteiger partial charge in [-0.25, -0.2) is 0 Å². The summed E-state index contributed by atoms with van der Waals surface area (Å²) in [6.07, 6.45) is 19.2. The molecular weight excluding hydrogens is 556 g/mol. The van der Waals surface area contributed by atoms with Crippen molar-refractivity contribution in [3.63, 3.8) is 0 Å². The molecular formula is C44H50N2. The molecule has 0 heterocycles. The number of hydrogen-bond acceptors (Lipinski definition) is 2. The predicted molar refractivity (Wildman–Crippen MR) is 200 cm³/mol. The lowest BCUT2D eigenvalue weighted by Gasteiger charge is -2.41. The Labute approximate surface area is 277 Å². The van der Waals surface area contributed by atoms with Crippen molar-refractivity contribution in [1.82, 2.24) is 0 Å². The summed E-state index contributed by atoms with van der Waals surface area (Å²) in [4.78, 5) is 5.15. The molecule has 0 aromatic heterocycles. The highest BCUT2D eigenvalue weighted by Gasteiger charge is 2.31. The summed E-state index contributed by atoms with van der Waals surface area (Å²) < 4.78 is 0. The van der Waals surface area contributed by atoms with Gasteiger partial charge < -0.3 is 9.80 Å². The molecule has 236 valence electrons. The van der Waals surface area contributed by atoms with E-state index in [9.17, 15) is 0 Å². The number of aryl methyl sites for hydroxylation is 3. The summed E-state index contributed by atoms with van der Waals surface area (Å²) in [6, 6.07) is 25.2. The summed E-state index contributed by atoms with van der Waals surface area (Å²) in [7, 11) is 0. The van der Waals surface area contributed by atoms with Crippen LogP contribution in [0.4, 0.5) is 17.1 Å². The van der Waals surface area contributed by atoms with Gasteiger partial charge >= 0.3 is 0 Å². The molecule has 0 radical (unpaired) electrons. The molecule has 0 aliphatic heterocycles. The Morgan fingerprint density at radius 2 is 1.50 bits per heavy atom. The van der Waals surface area contributed by atoms with Crippen LogP contribution in [-0.2, 0) is 0 Å². The van der Waals surface area contributed by atoms with Gasteiger partial charge in [0.25, 0.3) is 0 Å². The molecule has 0 saturated heterocycles. The van der Waals surface area contributed by atoms with Crippen LogP contribution in [-0.4, -0.2) is 6.04 Å². The fourth-order valence-electron chi connectivity index (χ4n) is 7.69. The molecule has 2 nitrogen and oxygen atoms in total. The van der Waals surface area contributed by atoms with Crippen molar-refractivity contribution >= 4 is 23.1 Å². The van der Waals surface area contributed by atoms with Gasteiger partial charge in [-0.2, -0.15) is 0 Å². The van der Waals surface area contributed by atoms with Crippen LogP contribution in [0.3, 0.4) is 0 Å². The van der Waals surface area contributed by atoms with E-state index in [1.54, 1.807) is 5.57 Å². The number of anilines is 3. The van der Waals surface area contributed by atoms with E-state index in [4.69, 9.17) is 0 Å².